The van der Waals surface area contributed by atoms with E-state index in [1.807, 2.05) is 6.07 Å². The molecule has 0 saturated carbocycles. The van der Waals surface area contributed by atoms with E-state index < -0.39 is 22.4 Å². The Kier molecular flexibility index (Phi) is 6.70. The van der Waals surface area contributed by atoms with Crippen molar-refractivity contribution >= 4 is 39.4 Å². The van der Waals surface area contributed by atoms with Crippen LogP contribution in [-0.2, 0) is 14.8 Å². The minimum absolute atomic E-state index is 0.0242. The van der Waals surface area contributed by atoms with Gasteiger partial charge in [0.15, 0.2) is 6.23 Å². The molecule has 3 rings (SSSR count). The van der Waals surface area contributed by atoms with Gasteiger partial charge in [-0.25, -0.2) is 13.2 Å². The summed E-state index contributed by atoms with van der Waals surface area (Å²) < 4.78 is 38.1. The lowest BCUT2D eigenvalue weighted by atomic mass is 10.2. The standard InChI is InChI=1S/C18H15Cl2N3O6S/c19-12-6-13(20)8-14(7-12)28-15-2-1-11(9-21)5-16(15)30(26,27)23-4-3-22-10-17(23)29-18(24)25/h1-2,5-8,17,22H,3-4,10H2,(H,24,25). The normalized spacial score (nSPS) is 17.2. The number of sulfonamides is 1. The fraction of sp³-hybridized carbons (Fsp3) is 0.222. The van der Waals surface area contributed by atoms with Gasteiger partial charge in [0.2, 0.25) is 10.0 Å². The summed E-state index contributed by atoms with van der Waals surface area (Å²) in [5.74, 6) is 0.104. The molecule has 0 aliphatic carbocycles. The molecule has 2 aromatic carbocycles. The molecule has 30 heavy (non-hydrogen) atoms. The zero-order chi connectivity index (χ0) is 21.9. The first-order chi connectivity index (χ1) is 14.2. The maximum Gasteiger partial charge on any atom is 0.507 e. The van der Waals surface area contributed by atoms with Crippen LogP contribution in [0, 0.1) is 11.3 Å². The Labute approximate surface area is 182 Å². The van der Waals surface area contributed by atoms with Crippen molar-refractivity contribution < 1.29 is 27.8 Å². The number of ether oxygens (including phenoxy) is 2. The molecule has 1 fully saturated rings. The van der Waals surface area contributed by atoms with Crippen LogP contribution in [0.15, 0.2) is 41.3 Å². The molecule has 1 aliphatic rings. The highest BCUT2D eigenvalue weighted by atomic mass is 35.5. The van der Waals surface area contributed by atoms with Crippen molar-refractivity contribution in [1.82, 2.24) is 9.62 Å². The topological polar surface area (TPSA) is 129 Å². The van der Waals surface area contributed by atoms with Crippen LogP contribution in [0.3, 0.4) is 0 Å². The SMILES string of the molecule is N#Cc1ccc(Oc2cc(Cl)cc(Cl)c2)c(S(=O)(=O)N2CCNCC2OC(=O)O)c1. The highest BCUT2D eigenvalue weighted by Crippen LogP contribution is 2.35. The van der Waals surface area contributed by atoms with Crippen LogP contribution in [0.25, 0.3) is 0 Å². The summed E-state index contributed by atoms with van der Waals surface area (Å²) in [4.78, 5) is 10.7. The van der Waals surface area contributed by atoms with E-state index in [0.29, 0.717) is 0 Å². The summed E-state index contributed by atoms with van der Waals surface area (Å²) >= 11 is 11.9. The van der Waals surface area contributed by atoms with E-state index in [9.17, 15) is 18.5 Å². The van der Waals surface area contributed by atoms with Crippen molar-refractivity contribution in [2.45, 2.75) is 11.1 Å². The van der Waals surface area contributed by atoms with E-state index in [-0.39, 0.29) is 51.6 Å². The first-order valence-corrected chi connectivity index (χ1v) is 10.7. The second-order valence-electron chi connectivity index (χ2n) is 6.14. The summed E-state index contributed by atoms with van der Waals surface area (Å²) in [5, 5.41) is 21.6. The molecule has 1 unspecified atom stereocenters. The summed E-state index contributed by atoms with van der Waals surface area (Å²) in [6, 6.07) is 10.1. The predicted octanol–water partition coefficient (Wildman–Crippen LogP) is 3.27. The molecule has 0 spiro atoms. The highest BCUT2D eigenvalue weighted by molar-refractivity contribution is 7.89. The number of rotatable bonds is 5. The molecule has 1 heterocycles. The smallest absolute Gasteiger partial charge is 0.456 e. The largest absolute Gasteiger partial charge is 0.507 e. The first kappa shape index (κ1) is 22.1. The van der Waals surface area contributed by atoms with Gasteiger partial charge in [-0.05, 0) is 36.4 Å². The van der Waals surface area contributed by atoms with E-state index in [2.05, 4.69) is 5.32 Å². The molecule has 12 heteroatoms. The monoisotopic (exact) mass is 471 g/mol. The van der Waals surface area contributed by atoms with Crippen molar-refractivity contribution in [2.75, 3.05) is 19.6 Å². The van der Waals surface area contributed by atoms with E-state index in [0.717, 1.165) is 10.4 Å². The van der Waals surface area contributed by atoms with Crippen molar-refractivity contribution in [3.8, 4) is 17.6 Å². The number of piperazine rings is 1. The Morgan fingerprint density at radius 3 is 2.57 bits per heavy atom. The summed E-state index contributed by atoms with van der Waals surface area (Å²) in [5.41, 5.74) is 0.0795. The van der Waals surface area contributed by atoms with Crippen molar-refractivity contribution in [2.24, 2.45) is 0 Å². The summed E-state index contributed by atoms with van der Waals surface area (Å²) in [6.07, 6.45) is -2.89. The van der Waals surface area contributed by atoms with Crippen molar-refractivity contribution in [1.29, 1.82) is 5.26 Å². The van der Waals surface area contributed by atoms with Gasteiger partial charge < -0.3 is 19.9 Å². The van der Waals surface area contributed by atoms with Gasteiger partial charge in [0.25, 0.3) is 0 Å². The van der Waals surface area contributed by atoms with Crippen LogP contribution in [0.4, 0.5) is 4.79 Å². The van der Waals surface area contributed by atoms with Gasteiger partial charge in [0.1, 0.15) is 16.4 Å². The van der Waals surface area contributed by atoms with E-state index in [1.165, 1.54) is 30.3 Å². The number of nitriles is 1. The zero-order valence-electron chi connectivity index (χ0n) is 15.2. The number of nitrogens with zero attached hydrogens (tertiary/aromatic N) is 2. The lowest BCUT2D eigenvalue weighted by Crippen LogP contribution is -2.55. The maximum absolute atomic E-state index is 13.4. The number of nitrogens with one attached hydrogen (secondary N) is 1. The number of halogens is 2. The third kappa shape index (κ3) is 4.95. The van der Waals surface area contributed by atoms with Crippen LogP contribution in [0.1, 0.15) is 5.56 Å². The number of hydrogen-bond acceptors (Lipinski definition) is 7. The molecular formula is C18H15Cl2N3O6S. The Hall–Kier alpha value is -2.55. The van der Waals surface area contributed by atoms with E-state index in [1.54, 1.807) is 0 Å². The van der Waals surface area contributed by atoms with Gasteiger partial charge in [-0.2, -0.15) is 9.57 Å². The summed E-state index contributed by atoms with van der Waals surface area (Å²) in [6.45, 7) is 0.222. The van der Waals surface area contributed by atoms with Gasteiger partial charge in [-0.1, -0.05) is 23.2 Å². The van der Waals surface area contributed by atoms with Gasteiger partial charge in [0, 0.05) is 29.7 Å². The molecule has 0 radical (unpaired) electrons. The minimum Gasteiger partial charge on any atom is -0.456 e. The Balaban J connectivity index is 2.06. The fourth-order valence-corrected chi connectivity index (χ4v) is 5.01. The Bertz CT molecular complexity index is 1100. The average Bonchev–Trinajstić information content (AvgIpc) is 2.67. The molecule has 0 aromatic heterocycles. The molecule has 0 amide bonds. The van der Waals surface area contributed by atoms with Gasteiger partial charge in [-0.15, -0.1) is 0 Å². The average molecular weight is 472 g/mol. The van der Waals surface area contributed by atoms with Crippen LogP contribution < -0.4 is 10.1 Å². The van der Waals surface area contributed by atoms with E-state index >= 15 is 0 Å². The predicted molar refractivity (Wildman–Crippen MR) is 107 cm³/mol. The zero-order valence-corrected chi connectivity index (χ0v) is 17.5. The third-order valence-corrected chi connectivity index (χ3v) is 6.46. The number of hydrogen-bond donors (Lipinski definition) is 2. The third-order valence-electron chi connectivity index (χ3n) is 4.11. The van der Waals surface area contributed by atoms with E-state index in [4.69, 9.17) is 37.8 Å². The van der Waals surface area contributed by atoms with Crippen LogP contribution >= 0.6 is 23.2 Å². The van der Waals surface area contributed by atoms with Crippen molar-refractivity contribution in [3.05, 3.63) is 52.0 Å². The first-order valence-electron chi connectivity index (χ1n) is 8.51. The van der Waals surface area contributed by atoms with Gasteiger partial charge in [0.05, 0.1) is 11.6 Å². The molecule has 0 bridgehead atoms. The molecule has 158 valence electrons. The lowest BCUT2D eigenvalue weighted by Gasteiger charge is -2.33. The minimum atomic E-state index is -4.30. The van der Waals surface area contributed by atoms with Crippen molar-refractivity contribution in [3.63, 3.8) is 0 Å². The molecule has 2 aromatic rings. The fourth-order valence-electron chi connectivity index (χ4n) is 2.86. The number of carbonyl (C=O) groups is 1. The lowest BCUT2D eigenvalue weighted by molar-refractivity contribution is -0.00874. The number of benzene rings is 2. The maximum atomic E-state index is 13.4. The van der Waals surface area contributed by atoms with Gasteiger partial charge >= 0.3 is 6.16 Å². The molecular weight excluding hydrogens is 457 g/mol. The Morgan fingerprint density at radius 2 is 1.93 bits per heavy atom. The molecule has 1 saturated heterocycles. The molecule has 2 N–H and O–H groups in total. The Morgan fingerprint density at radius 1 is 1.23 bits per heavy atom. The van der Waals surface area contributed by atoms with Crippen LogP contribution in [0.5, 0.6) is 11.5 Å². The summed E-state index contributed by atoms with van der Waals surface area (Å²) in [7, 11) is -4.30. The highest BCUT2D eigenvalue weighted by Gasteiger charge is 2.38. The van der Waals surface area contributed by atoms with Crippen LogP contribution in [-0.4, -0.2) is 49.8 Å². The quantitative estimate of drug-likeness (QED) is 0.635. The molecule has 9 nitrogen and oxygen atoms in total. The second kappa shape index (κ2) is 9.07. The number of carboxylic acid groups (broad SMARTS) is 1. The van der Waals surface area contributed by atoms with Gasteiger partial charge in [-0.3, -0.25) is 0 Å². The molecule has 1 aliphatic heterocycles. The van der Waals surface area contributed by atoms with Crippen LogP contribution in [0.2, 0.25) is 10.0 Å². The molecule has 1 atom stereocenters. The second-order valence-corrected chi connectivity index (χ2v) is 8.87.